The Morgan fingerprint density at radius 2 is 1.89 bits per heavy atom. The molecule has 0 unspecified atom stereocenters. The van der Waals surface area contributed by atoms with Crippen LogP contribution < -0.4 is 10.1 Å². The quantitative estimate of drug-likeness (QED) is 0.886. The minimum absolute atomic E-state index is 0.477. The number of carbonyl (C=O) groups excluding carboxylic acids is 1. The van der Waals surface area contributed by atoms with Gasteiger partial charge in [-0.15, -0.1) is 0 Å². The predicted molar refractivity (Wildman–Crippen MR) is 71.9 cm³/mol. The average Bonchev–Trinajstić information content (AvgIpc) is 2.40. The van der Waals surface area contributed by atoms with Gasteiger partial charge in [-0.3, -0.25) is 5.32 Å². The summed E-state index contributed by atoms with van der Waals surface area (Å²) in [5.74, 6) is 0.558. The average molecular weight is 241 g/mol. The molecule has 0 bridgehead atoms. The van der Waals surface area contributed by atoms with E-state index >= 15 is 0 Å². The van der Waals surface area contributed by atoms with Crippen molar-refractivity contribution in [2.24, 2.45) is 0 Å². The molecule has 0 saturated heterocycles. The van der Waals surface area contributed by atoms with Crippen molar-refractivity contribution in [3.05, 3.63) is 60.2 Å². The highest BCUT2D eigenvalue weighted by atomic mass is 16.6. The molecule has 0 radical (unpaired) electrons. The van der Waals surface area contributed by atoms with Crippen LogP contribution in [-0.2, 0) is 6.42 Å². The molecule has 0 aromatic heterocycles. The van der Waals surface area contributed by atoms with Crippen LogP contribution in [0.1, 0.15) is 12.5 Å². The summed E-state index contributed by atoms with van der Waals surface area (Å²) in [6, 6.07) is 16.7. The first-order chi connectivity index (χ1) is 8.78. The van der Waals surface area contributed by atoms with Crippen molar-refractivity contribution < 1.29 is 9.53 Å². The van der Waals surface area contributed by atoms with Gasteiger partial charge in [0.1, 0.15) is 5.75 Å². The fraction of sp³-hybridized carbons (Fsp3) is 0.133. The molecule has 3 nitrogen and oxygen atoms in total. The minimum atomic E-state index is -0.477. The Kier molecular flexibility index (Phi) is 3.97. The van der Waals surface area contributed by atoms with Gasteiger partial charge in [-0.25, -0.2) is 4.79 Å². The van der Waals surface area contributed by atoms with Crippen LogP contribution in [0.2, 0.25) is 0 Å². The molecule has 0 saturated carbocycles. The lowest BCUT2D eigenvalue weighted by Crippen LogP contribution is -2.16. The van der Waals surface area contributed by atoms with Crippen LogP contribution in [0.25, 0.3) is 0 Å². The number of anilines is 1. The molecule has 1 amide bonds. The van der Waals surface area contributed by atoms with E-state index in [-0.39, 0.29) is 0 Å². The number of carbonyl (C=O) groups is 1. The first-order valence-electron chi connectivity index (χ1n) is 5.91. The first kappa shape index (κ1) is 12.2. The third-order valence-electron chi connectivity index (χ3n) is 2.54. The third-order valence-corrected chi connectivity index (χ3v) is 2.54. The summed E-state index contributed by atoms with van der Waals surface area (Å²) >= 11 is 0. The zero-order valence-corrected chi connectivity index (χ0v) is 10.2. The lowest BCUT2D eigenvalue weighted by molar-refractivity contribution is 0.215. The number of hydrogen-bond acceptors (Lipinski definition) is 2. The van der Waals surface area contributed by atoms with E-state index in [4.69, 9.17) is 4.74 Å². The molecule has 0 atom stereocenters. The van der Waals surface area contributed by atoms with Gasteiger partial charge in [-0.05, 0) is 36.2 Å². The van der Waals surface area contributed by atoms with E-state index < -0.39 is 6.09 Å². The van der Waals surface area contributed by atoms with E-state index in [1.54, 1.807) is 6.07 Å². The smallest absolute Gasteiger partial charge is 0.410 e. The molecule has 0 spiro atoms. The summed E-state index contributed by atoms with van der Waals surface area (Å²) in [6.45, 7) is 2.06. The second-order valence-electron chi connectivity index (χ2n) is 3.88. The summed E-state index contributed by atoms with van der Waals surface area (Å²) in [7, 11) is 0. The van der Waals surface area contributed by atoms with Crippen LogP contribution in [0.15, 0.2) is 54.6 Å². The molecule has 1 N–H and O–H groups in total. The Bertz CT molecular complexity index is 523. The number of aryl methyl sites for hydroxylation is 1. The van der Waals surface area contributed by atoms with E-state index in [1.165, 1.54) is 0 Å². The number of hydrogen-bond donors (Lipinski definition) is 1. The zero-order chi connectivity index (χ0) is 12.8. The van der Waals surface area contributed by atoms with Gasteiger partial charge in [0.05, 0.1) is 0 Å². The lowest BCUT2D eigenvalue weighted by Gasteiger charge is -2.07. The zero-order valence-electron chi connectivity index (χ0n) is 10.2. The maximum Gasteiger partial charge on any atom is 0.417 e. The monoisotopic (exact) mass is 241 g/mol. The summed E-state index contributed by atoms with van der Waals surface area (Å²) < 4.78 is 5.21. The van der Waals surface area contributed by atoms with Gasteiger partial charge in [-0.1, -0.05) is 37.3 Å². The van der Waals surface area contributed by atoms with Gasteiger partial charge in [0.25, 0.3) is 0 Å². The number of nitrogens with one attached hydrogen (secondary N) is 1. The van der Waals surface area contributed by atoms with Gasteiger partial charge >= 0.3 is 6.09 Å². The highest BCUT2D eigenvalue weighted by Crippen LogP contribution is 2.15. The second-order valence-corrected chi connectivity index (χ2v) is 3.88. The second kappa shape index (κ2) is 5.87. The van der Waals surface area contributed by atoms with Crippen molar-refractivity contribution in [2.75, 3.05) is 5.32 Å². The molecule has 0 aliphatic carbocycles. The Balaban J connectivity index is 1.99. The standard InChI is InChI=1S/C15H15NO2/c1-2-12-7-6-10-14(11-12)18-15(17)16-13-8-4-3-5-9-13/h3-11H,2H2,1H3,(H,16,17). The topological polar surface area (TPSA) is 38.3 Å². The van der Waals surface area contributed by atoms with Gasteiger partial charge in [0.15, 0.2) is 0 Å². The fourth-order valence-electron chi connectivity index (χ4n) is 1.60. The fourth-order valence-corrected chi connectivity index (χ4v) is 1.60. The van der Waals surface area contributed by atoms with Crippen molar-refractivity contribution in [3.8, 4) is 5.75 Å². The van der Waals surface area contributed by atoms with E-state index in [0.29, 0.717) is 11.4 Å². The maximum absolute atomic E-state index is 11.6. The number of ether oxygens (including phenoxy) is 1. The summed E-state index contributed by atoms with van der Waals surface area (Å²) in [5.41, 5.74) is 1.86. The minimum Gasteiger partial charge on any atom is -0.410 e. The van der Waals surface area contributed by atoms with Gasteiger partial charge < -0.3 is 4.74 Å². The van der Waals surface area contributed by atoms with Crippen molar-refractivity contribution in [1.29, 1.82) is 0 Å². The molecule has 0 fully saturated rings. The molecule has 2 aromatic rings. The predicted octanol–water partition coefficient (Wildman–Crippen LogP) is 3.86. The summed E-state index contributed by atoms with van der Waals surface area (Å²) in [5, 5.41) is 2.67. The molecule has 0 aliphatic heterocycles. The highest BCUT2D eigenvalue weighted by molar-refractivity contribution is 5.86. The van der Waals surface area contributed by atoms with Crippen LogP contribution in [0.3, 0.4) is 0 Å². The number of rotatable bonds is 3. The number of amides is 1. The Morgan fingerprint density at radius 1 is 1.11 bits per heavy atom. The van der Waals surface area contributed by atoms with Crippen LogP contribution in [-0.4, -0.2) is 6.09 Å². The normalized spacial score (nSPS) is 9.83. The van der Waals surface area contributed by atoms with E-state index in [1.807, 2.05) is 48.5 Å². The van der Waals surface area contributed by atoms with Crippen LogP contribution >= 0.6 is 0 Å². The molecule has 0 aliphatic rings. The van der Waals surface area contributed by atoms with Gasteiger partial charge in [-0.2, -0.15) is 0 Å². The van der Waals surface area contributed by atoms with E-state index in [2.05, 4.69) is 12.2 Å². The van der Waals surface area contributed by atoms with Gasteiger partial charge in [0.2, 0.25) is 0 Å². The van der Waals surface area contributed by atoms with Crippen LogP contribution in [0, 0.1) is 0 Å². The summed E-state index contributed by atoms with van der Waals surface area (Å²) in [4.78, 5) is 11.6. The molecular weight excluding hydrogens is 226 g/mol. The van der Waals surface area contributed by atoms with Crippen molar-refractivity contribution in [1.82, 2.24) is 0 Å². The molecule has 0 heterocycles. The first-order valence-corrected chi connectivity index (χ1v) is 5.91. The van der Waals surface area contributed by atoms with E-state index in [0.717, 1.165) is 12.0 Å². The molecule has 18 heavy (non-hydrogen) atoms. The van der Waals surface area contributed by atoms with E-state index in [9.17, 15) is 4.79 Å². The lowest BCUT2D eigenvalue weighted by atomic mass is 10.2. The molecule has 92 valence electrons. The number of benzene rings is 2. The molecule has 3 heteroatoms. The Labute approximate surface area is 106 Å². The van der Waals surface area contributed by atoms with Gasteiger partial charge in [0, 0.05) is 5.69 Å². The Hall–Kier alpha value is -2.29. The SMILES string of the molecule is CCc1cccc(OC(=O)Nc2ccccc2)c1. The molecular formula is C15H15NO2. The Morgan fingerprint density at radius 3 is 2.61 bits per heavy atom. The van der Waals surface area contributed by atoms with Crippen molar-refractivity contribution >= 4 is 11.8 Å². The third kappa shape index (κ3) is 3.35. The number of para-hydroxylation sites is 1. The van der Waals surface area contributed by atoms with Crippen LogP contribution in [0.4, 0.5) is 10.5 Å². The van der Waals surface area contributed by atoms with Crippen molar-refractivity contribution in [3.63, 3.8) is 0 Å². The van der Waals surface area contributed by atoms with Crippen molar-refractivity contribution in [2.45, 2.75) is 13.3 Å². The highest BCUT2D eigenvalue weighted by Gasteiger charge is 2.04. The summed E-state index contributed by atoms with van der Waals surface area (Å²) in [6.07, 6.45) is 0.437. The molecule has 2 aromatic carbocycles. The molecule has 2 rings (SSSR count). The largest absolute Gasteiger partial charge is 0.417 e. The van der Waals surface area contributed by atoms with Crippen LogP contribution in [0.5, 0.6) is 5.75 Å². The maximum atomic E-state index is 11.6.